The minimum atomic E-state index is -0.368. The molecule has 0 amide bonds. The van der Waals surface area contributed by atoms with Crippen molar-refractivity contribution in [3.63, 3.8) is 0 Å². The highest BCUT2D eigenvalue weighted by Crippen LogP contribution is 2.31. The van der Waals surface area contributed by atoms with E-state index in [0.29, 0.717) is 17.7 Å². The number of likely N-dealkylation sites (tertiary alicyclic amines) is 1. The highest BCUT2D eigenvalue weighted by Gasteiger charge is 2.40. The number of piperidine rings is 1. The summed E-state index contributed by atoms with van der Waals surface area (Å²) >= 11 is 7.21. The van der Waals surface area contributed by atoms with Crippen LogP contribution >= 0.6 is 22.9 Å². The number of halogens is 1. The third-order valence-corrected chi connectivity index (χ3v) is 4.11. The van der Waals surface area contributed by atoms with Crippen LogP contribution in [0.4, 0.5) is 0 Å². The van der Waals surface area contributed by atoms with Crippen LogP contribution in [0.3, 0.4) is 0 Å². The first-order valence-corrected chi connectivity index (χ1v) is 6.93. The zero-order chi connectivity index (χ0) is 11.7. The van der Waals surface area contributed by atoms with Gasteiger partial charge in [0.1, 0.15) is 5.01 Å². The summed E-state index contributed by atoms with van der Waals surface area (Å²) in [6, 6.07) is 0. The fourth-order valence-corrected chi connectivity index (χ4v) is 3.34. The Bertz CT molecular complexity index is 395. The highest BCUT2D eigenvalue weighted by atomic mass is 35.5. The molecule has 2 fully saturated rings. The van der Waals surface area contributed by atoms with Gasteiger partial charge >= 0.3 is 0 Å². The van der Waals surface area contributed by atoms with Crippen LogP contribution in [0.5, 0.6) is 0 Å². The van der Waals surface area contributed by atoms with E-state index in [2.05, 4.69) is 15.1 Å². The van der Waals surface area contributed by atoms with Crippen molar-refractivity contribution >= 4 is 22.9 Å². The Morgan fingerprint density at radius 1 is 1.35 bits per heavy atom. The van der Waals surface area contributed by atoms with Gasteiger partial charge in [-0.25, -0.2) is 0 Å². The van der Waals surface area contributed by atoms with Crippen LogP contribution in [0, 0.1) is 0 Å². The van der Waals surface area contributed by atoms with Gasteiger partial charge in [-0.3, -0.25) is 4.90 Å². The average molecular weight is 276 g/mol. The zero-order valence-electron chi connectivity index (χ0n) is 9.39. The molecule has 0 radical (unpaired) electrons. The summed E-state index contributed by atoms with van der Waals surface area (Å²) in [7, 11) is 0. The Labute approximate surface area is 109 Å². The number of nitrogens with zero attached hydrogens (tertiary/aromatic N) is 3. The molecule has 5 nitrogen and oxygen atoms in total. The monoisotopic (exact) mass is 275 g/mol. The van der Waals surface area contributed by atoms with Crippen molar-refractivity contribution in [2.45, 2.75) is 25.2 Å². The van der Waals surface area contributed by atoms with Gasteiger partial charge in [0.05, 0.1) is 26.3 Å². The lowest BCUT2D eigenvalue weighted by Crippen LogP contribution is -2.48. The second-order valence-electron chi connectivity index (χ2n) is 4.37. The van der Waals surface area contributed by atoms with Gasteiger partial charge in [-0.15, -0.1) is 10.2 Å². The summed E-state index contributed by atoms with van der Waals surface area (Å²) < 4.78 is 12.0. The Kier molecular flexibility index (Phi) is 3.32. The Morgan fingerprint density at radius 3 is 2.88 bits per heavy atom. The van der Waals surface area contributed by atoms with Gasteiger partial charge in [0.15, 0.2) is 5.79 Å². The van der Waals surface area contributed by atoms with Gasteiger partial charge < -0.3 is 9.47 Å². The third-order valence-electron chi connectivity index (χ3n) is 3.11. The minimum absolute atomic E-state index is 0.368. The van der Waals surface area contributed by atoms with Crippen LogP contribution in [0.1, 0.15) is 17.8 Å². The molecule has 3 heterocycles. The Balaban J connectivity index is 1.64. The van der Waals surface area contributed by atoms with Crippen molar-refractivity contribution < 1.29 is 9.47 Å². The van der Waals surface area contributed by atoms with Crippen LogP contribution in [0.25, 0.3) is 0 Å². The van der Waals surface area contributed by atoms with Gasteiger partial charge in [0.2, 0.25) is 4.47 Å². The molecular weight excluding hydrogens is 262 g/mol. The molecule has 1 aromatic rings. The minimum Gasteiger partial charge on any atom is -0.346 e. The molecule has 2 saturated heterocycles. The maximum Gasteiger partial charge on any atom is 0.207 e. The highest BCUT2D eigenvalue weighted by molar-refractivity contribution is 7.15. The number of ether oxygens (including phenoxy) is 2. The summed E-state index contributed by atoms with van der Waals surface area (Å²) in [5.41, 5.74) is 0. The molecule has 2 aliphatic rings. The van der Waals surface area contributed by atoms with Crippen molar-refractivity contribution in [2.75, 3.05) is 26.3 Å². The first-order chi connectivity index (χ1) is 8.26. The van der Waals surface area contributed by atoms with Crippen molar-refractivity contribution in [1.29, 1.82) is 0 Å². The molecule has 1 spiro atoms. The van der Waals surface area contributed by atoms with E-state index in [0.717, 1.165) is 37.5 Å². The van der Waals surface area contributed by atoms with Crippen molar-refractivity contribution in [3.05, 3.63) is 9.47 Å². The average Bonchev–Trinajstić information content (AvgIpc) is 2.89. The fourth-order valence-electron chi connectivity index (χ4n) is 2.43. The van der Waals surface area contributed by atoms with E-state index < -0.39 is 0 Å². The van der Waals surface area contributed by atoms with E-state index in [9.17, 15) is 0 Å². The molecule has 0 saturated carbocycles. The van der Waals surface area contributed by atoms with Crippen LogP contribution in [-0.4, -0.2) is 47.2 Å². The quantitative estimate of drug-likeness (QED) is 0.819. The van der Waals surface area contributed by atoms with Crippen LogP contribution in [-0.2, 0) is 16.0 Å². The van der Waals surface area contributed by atoms with Crippen LogP contribution in [0.15, 0.2) is 0 Å². The molecule has 1 aromatic heterocycles. The SMILES string of the molecule is Clc1nnc(CN2CCCC3(C2)OCCO3)s1. The van der Waals surface area contributed by atoms with Crippen molar-refractivity contribution in [2.24, 2.45) is 0 Å². The molecule has 0 N–H and O–H groups in total. The summed E-state index contributed by atoms with van der Waals surface area (Å²) in [5, 5.41) is 8.80. The molecule has 0 aliphatic carbocycles. The first kappa shape index (κ1) is 11.8. The molecule has 94 valence electrons. The molecule has 0 unspecified atom stereocenters. The summed E-state index contributed by atoms with van der Waals surface area (Å²) in [6.07, 6.45) is 2.08. The van der Waals surface area contributed by atoms with Gasteiger partial charge in [-0.1, -0.05) is 11.3 Å². The maximum atomic E-state index is 5.78. The smallest absolute Gasteiger partial charge is 0.207 e. The van der Waals surface area contributed by atoms with E-state index in [1.54, 1.807) is 0 Å². The second-order valence-corrected chi connectivity index (χ2v) is 6.01. The van der Waals surface area contributed by atoms with Crippen LogP contribution in [0.2, 0.25) is 4.47 Å². The molecule has 0 aromatic carbocycles. The Hall–Kier alpha value is -0.270. The molecule has 3 rings (SSSR count). The predicted molar refractivity (Wildman–Crippen MR) is 64.1 cm³/mol. The van der Waals surface area contributed by atoms with Crippen molar-refractivity contribution in [1.82, 2.24) is 15.1 Å². The lowest BCUT2D eigenvalue weighted by Gasteiger charge is -2.38. The van der Waals surface area contributed by atoms with Crippen molar-refractivity contribution in [3.8, 4) is 0 Å². The summed E-state index contributed by atoms with van der Waals surface area (Å²) in [6.45, 7) is 4.05. The molecule has 17 heavy (non-hydrogen) atoms. The molecule has 0 atom stereocenters. The summed E-state index contributed by atoms with van der Waals surface area (Å²) in [4.78, 5) is 2.30. The predicted octanol–water partition coefficient (Wildman–Crippen LogP) is 1.53. The summed E-state index contributed by atoms with van der Waals surface area (Å²) in [5.74, 6) is -0.368. The third kappa shape index (κ3) is 2.61. The number of rotatable bonds is 2. The standard InChI is InChI=1S/C10H14ClN3O2S/c11-9-13-12-8(17-9)6-14-3-1-2-10(7-14)15-4-5-16-10/h1-7H2. The topological polar surface area (TPSA) is 47.5 Å². The van der Waals surface area contributed by atoms with E-state index in [4.69, 9.17) is 21.1 Å². The lowest BCUT2D eigenvalue weighted by atomic mass is 10.0. The second kappa shape index (κ2) is 4.78. The number of aromatic nitrogens is 2. The number of hydrogen-bond donors (Lipinski definition) is 0. The largest absolute Gasteiger partial charge is 0.346 e. The van der Waals surface area contributed by atoms with Gasteiger partial charge in [-0.2, -0.15) is 0 Å². The van der Waals surface area contributed by atoms with Gasteiger partial charge in [0, 0.05) is 6.42 Å². The zero-order valence-corrected chi connectivity index (χ0v) is 11.0. The molecule has 2 aliphatic heterocycles. The first-order valence-electron chi connectivity index (χ1n) is 5.74. The van der Waals surface area contributed by atoms with Gasteiger partial charge in [0.25, 0.3) is 0 Å². The van der Waals surface area contributed by atoms with E-state index in [-0.39, 0.29) is 5.79 Å². The molecule has 0 bridgehead atoms. The van der Waals surface area contributed by atoms with E-state index in [1.807, 2.05) is 0 Å². The normalized spacial score (nSPS) is 24.5. The fraction of sp³-hybridized carbons (Fsp3) is 0.800. The lowest BCUT2D eigenvalue weighted by molar-refractivity contribution is -0.190. The van der Waals surface area contributed by atoms with Gasteiger partial charge in [-0.05, 0) is 24.6 Å². The number of hydrogen-bond acceptors (Lipinski definition) is 6. The van der Waals surface area contributed by atoms with Crippen LogP contribution < -0.4 is 0 Å². The maximum absolute atomic E-state index is 5.78. The molecular formula is C10H14ClN3O2S. The van der Waals surface area contributed by atoms with E-state index in [1.165, 1.54) is 11.3 Å². The molecule has 7 heteroatoms. The van der Waals surface area contributed by atoms with E-state index >= 15 is 0 Å². The Morgan fingerprint density at radius 2 is 2.18 bits per heavy atom.